The SMILES string of the molecule is C=C1CC[C@H](CCC2OC(CC[C@]34CC(OC)C(O3)/C(=N\O)CC([C@]3(N)CCCC(CC(=O)CC5CCO[C@H]5C)O3)O4)CC2=C)OC1. The Hall–Kier alpha value is -1.70. The molecule has 0 amide bonds. The largest absolute Gasteiger partial charge is 0.411 e. The molecule has 7 unspecified atom stereocenters. The number of Topliss-reactive ketones (excluding diaryl/α,β-unsaturated/α-hetero) is 1. The summed E-state index contributed by atoms with van der Waals surface area (Å²) in [5, 5.41) is 13.7. The molecule has 0 aliphatic carbocycles. The molecule has 6 fully saturated rings. The molecule has 3 N–H and O–H groups in total. The fourth-order valence-electron chi connectivity index (χ4n) is 8.57. The van der Waals surface area contributed by atoms with Gasteiger partial charge in [-0.05, 0) is 82.6 Å². The van der Waals surface area contributed by atoms with Gasteiger partial charge in [-0.15, -0.1) is 0 Å². The average molecular weight is 661 g/mol. The lowest BCUT2D eigenvalue weighted by Crippen LogP contribution is -2.60. The Balaban J connectivity index is 1.08. The molecule has 47 heavy (non-hydrogen) atoms. The van der Waals surface area contributed by atoms with E-state index >= 15 is 0 Å². The first-order valence-corrected chi connectivity index (χ1v) is 17.9. The molecule has 11 atom stereocenters. The number of methoxy groups -OCH3 is 1. The zero-order valence-electron chi connectivity index (χ0n) is 28.4. The van der Waals surface area contributed by atoms with Gasteiger partial charge in [0.15, 0.2) is 5.79 Å². The van der Waals surface area contributed by atoms with Crippen LogP contribution in [0.3, 0.4) is 0 Å². The second-order valence-electron chi connectivity index (χ2n) is 14.9. The maximum Gasteiger partial charge on any atom is 0.172 e. The standard InChI is InChI=1S/C36H56N2O9/c1-22-7-8-27(43-21-22)9-10-31-23(2)16-28(44-31)11-14-35-20-32(41-4)34(47-35)30(38-40)19-33(46-35)36(37)13-5-6-29(45-36)18-26(39)17-25-12-15-42-24(25)3/h24-25,27-29,31-34,40H,1-2,5-21,37H2,3-4H3/b38-30-/t24-,25?,27+,28?,29?,31?,32?,33?,34?,35+,36-/m0/s1. The van der Waals surface area contributed by atoms with Gasteiger partial charge >= 0.3 is 0 Å². The maximum absolute atomic E-state index is 13.0. The van der Waals surface area contributed by atoms with Gasteiger partial charge in [0.05, 0.1) is 48.9 Å². The van der Waals surface area contributed by atoms with Crippen LogP contribution in [0.2, 0.25) is 0 Å². The molecule has 0 aromatic carbocycles. The molecule has 0 radical (unpaired) electrons. The fourth-order valence-corrected chi connectivity index (χ4v) is 8.57. The molecule has 11 nitrogen and oxygen atoms in total. The van der Waals surface area contributed by atoms with Crippen molar-refractivity contribution in [2.45, 2.75) is 164 Å². The molecule has 2 bridgehead atoms. The predicted octanol–water partition coefficient (Wildman–Crippen LogP) is 5.11. The second-order valence-corrected chi connectivity index (χ2v) is 14.9. The van der Waals surface area contributed by atoms with Crippen molar-refractivity contribution in [3.8, 4) is 0 Å². The molecule has 6 heterocycles. The number of rotatable bonds is 12. The van der Waals surface area contributed by atoms with Gasteiger partial charge in [0.1, 0.15) is 23.7 Å². The summed E-state index contributed by atoms with van der Waals surface area (Å²) in [4.78, 5) is 13.0. The van der Waals surface area contributed by atoms with E-state index in [9.17, 15) is 10.0 Å². The van der Waals surface area contributed by atoms with E-state index in [1.807, 2.05) is 6.92 Å². The van der Waals surface area contributed by atoms with Gasteiger partial charge in [0.2, 0.25) is 0 Å². The number of ketones is 1. The summed E-state index contributed by atoms with van der Waals surface area (Å²) in [5.74, 6) is -0.580. The first-order chi connectivity index (χ1) is 22.6. The normalized spacial score (nSPS) is 43.5. The van der Waals surface area contributed by atoms with Crippen LogP contribution >= 0.6 is 0 Å². The van der Waals surface area contributed by atoms with Gasteiger partial charge < -0.3 is 44.1 Å². The van der Waals surface area contributed by atoms with Gasteiger partial charge in [-0.3, -0.25) is 4.79 Å². The number of carbonyl (C=O) groups is 1. The number of fused-ring (bicyclic) bond motifs is 2. The Morgan fingerprint density at radius 2 is 1.89 bits per heavy atom. The Kier molecular flexibility index (Phi) is 11.2. The molecule has 6 aliphatic heterocycles. The highest BCUT2D eigenvalue weighted by Crippen LogP contribution is 2.46. The Bertz CT molecular complexity index is 1170. The molecule has 6 rings (SSSR count). The van der Waals surface area contributed by atoms with E-state index in [0.717, 1.165) is 56.9 Å². The molecular weight excluding hydrogens is 604 g/mol. The van der Waals surface area contributed by atoms with Gasteiger partial charge in [0, 0.05) is 45.8 Å². The van der Waals surface area contributed by atoms with Crippen LogP contribution in [0.5, 0.6) is 0 Å². The molecule has 0 aromatic rings. The van der Waals surface area contributed by atoms with Crippen molar-refractivity contribution in [2.75, 3.05) is 20.3 Å². The predicted molar refractivity (Wildman–Crippen MR) is 174 cm³/mol. The number of nitrogens with two attached hydrogens (primary N) is 1. The molecule has 6 saturated heterocycles. The third-order valence-corrected chi connectivity index (χ3v) is 11.4. The van der Waals surface area contributed by atoms with Gasteiger partial charge in [-0.25, -0.2) is 0 Å². The number of hydrogen-bond acceptors (Lipinski definition) is 11. The second kappa shape index (κ2) is 15.0. The van der Waals surface area contributed by atoms with Crippen LogP contribution in [-0.2, 0) is 38.0 Å². The first kappa shape index (κ1) is 35.1. The van der Waals surface area contributed by atoms with Crippen molar-refractivity contribution in [1.82, 2.24) is 0 Å². The highest BCUT2D eigenvalue weighted by Gasteiger charge is 2.57. The first-order valence-electron chi connectivity index (χ1n) is 17.9. The molecule has 6 aliphatic rings. The van der Waals surface area contributed by atoms with Gasteiger partial charge in [0.25, 0.3) is 0 Å². The molecule has 264 valence electrons. The number of ether oxygens (including phenoxy) is 7. The smallest absolute Gasteiger partial charge is 0.172 e. The lowest BCUT2D eigenvalue weighted by molar-refractivity contribution is -0.286. The average Bonchev–Trinajstić information content (AvgIpc) is 3.70. The zero-order chi connectivity index (χ0) is 33.2. The van der Waals surface area contributed by atoms with E-state index in [1.165, 1.54) is 5.57 Å². The number of oxime groups is 1. The Morgan fingerprint density at radius 3 is 2.62 bits per heavy atom. The van der Waals surface area contributed by atoms with E-state index in [1.54, 1.807) is 7.11 Å². The number of hydrogen-bond donors (Lipinski definition) is 2. The van der Waals surface area contributed by atoms with Crippen molar-refractivity contribution >= 4 is 11.5 Å². The summed E-state index contributed by atoms with van der Waals surface area (Å²) >= 11 is 0. The van der Waals surface area contributed by atoms with E-state index < -0.39 is 23.7 Å². The van der Waals surface area contributed by atoms with Crippen molar-refractivity contribution in [3.05, 3.63) is 24.3 Å². The summed E-state index contributed by atoms with van der Waals surface area (Å²) in [5.41, 5.74) is 8.59. The van der Waals surface area contributed by atoms with E-state index in [4.69, 9.17) is 38.9 Å². The minimum Gasteiger partial charge on any atom is -0.411 e. The van der Waals surface area contributed by atoms with Crippen LogP contribution in [0.4, 0.5) is 0 Å². The summed E-state index contributed by atoms with van der Waals surface area (Å²) in [6, 6.07) is 0. The highest BCUT2D eigenvalue weighted by atomic mass is 16.7. The van der Waals surface area contributed by atoms with Crippen molar-refractivity contribution in [2.24, 2.45) is 16.8 Å². The molecule has 11 heteroatoms. The summed E-state index contributed by atoms with van der Waals surface area (Å²) in [7, 11) is 1.64. The van der Waals surface area contributed by atoms with E-state index in [-0.39, 0.29) is 54.7 Å². The third kappa shape index (κ3) is 8.20. The van der Waals surface area contributed by atoms with Crippen LogP contribution in [0.15, 0.2) is 29.5 Å². The molecule has 0 saturated carbocycles. The van der Waals surface area contributed by atoms with Crippen LogP contribution in [0.1, 0.15) is 103 Å². The van der Waals surface area contributed by atoms with E-state index in [2.05, 4.69) is 18.3 Å². The summed E-state index contributed by atoms with van der Waals surface area (Å²) < 4.78 is 43.9. The topological polar surface area (TPSA) is 140 Å². The summed E-state index contributed by atoms with van der Waals surface area (Å²) in [6.45, 7) is 11.8. The number of nitrogens with zero attached hydrogens (tertiary/aromatic N) is 1. The Labute approximate surface area is 279 Å². The summed E-state index contributed by atoms with van der Waals surface area (Å²) in [6.07, 6.45) is 9.04. The quantitative estimate of drug-likeness (QED) is 0.165. The van der Waals surface area contributed by atoms with Gasteiger partial charge in [-0.1, -0.05) is 23.9 Å². The minimum atomic E-state index is -1.16. The van der Waals surface area contributed by atoms with Crippen LogP contribution in [0.25, 0.3) is 0 Å². The molecule has 0 aromatic heterocycles. The van der Waals surface area contributed by atoms with Crippen LogP contribution in [-0.4, -0.2) is 97.4 Å². The van der Waals surface area contributed by atoms with Crippen LogP contribution < -0.4 is 5.73 Å². The monoisotopic (exact) mass is 660 g/mol. The minimum absolute atomic E-state index is 0.00463. The van der Waals surface area contributed by atoms with Crippen molar-refractivity contribution in [3.63, 3.8) is 0 Å². The Morgan fingerprint density at radius 1 is 1.04 bits per heavy atom. The lowest BCUT2D eigenvalue weighted by Gasteiger charge is -2.45. The molecule has 0 spiro atoms. The van der Waals surface area contributed by atoms with Crippen molar-refractivity contribution < 1.29 is 43.2 Å². The van der Waals surface area contributed by atoms with Gasteiger partial charge in [-0.2, -0.15) is 0 Å². The van der Waals surface area contributed by atoms with E-state index in [0.29, 0.717) is 57.5 Å². The zero-order valence-corrected chi connectivity index (χ0v) is 28.4. The third-order valence-electron chi connectivity index (χ3n) is 11.4. The fraction of sp³-hybridized carbons (Fsp3) is 0.833. The van der Waals surface area contributed by atoms with Crippen molar-refractivity contribution in [1.29, 1.82) is 0 Å². The highest BCUT2D eigenvalue weighted by molar-refractivity contribution is 5.90. The molecular formula is C36H56N2O9. The maximum atomic E-state index is 13.0. The number of carbonyl (C=O) groups excluding carboxylic acids is 1. The lowest BCUT2D eigenvalue weighted by atomic mass is 9.87. The van der Waals surface area contributed by atoms with Crippen LogP contribution in [0, 0.1) is 5.92 Å².